The summed E-state index contributed by atoms with van der Waals surface area (Å²) >= 11 is 0. The summed E-state index contributed by atoms with van der Waals surface area (Å²) in [7, 11) is -2.44. The Morgan fingerprint density at radius 1 is 1.12 bits per heavy atom. The zero-order valence-electron chi connectivity index (χ0n) is 29.2. The van der Waals surface area contributed by atoms with Crippen LogP contribution in [-0.2, 0) is 14.8 Å². The number of carbonyl (C=O) groups is 2. The van der Waals surface area contributed by atoms with Gasteiger partial charge in [0.15, 0.2) is 5.76 Å². The van der Waals surface area contributed by atoms with Gasteiger partial charge in [0.1, 0.15) is 16.3 Å². The third kappa shape index (κ3) is 9.48. The van der Waals surface area contributed by atoms with Crippen LogP contribution >= 0.6 is 0 Å². The van der Waals surface area contributed by atoms with E-state index in [-0.39, 0.29) is 71.6 Å². The highest BCUT2D eigenvalue weighted by Crippen LogP contribution is 2.29. The molecule has 2 heterocycles. The van der Waals surface area contributed by atoms with Crippen molar-refractivity contribution in [2.24, 2.45) is 5.92 Å². The number of aliphatic hydroxyl groups is 1. The molecule has 0 bridgehead atoms. The predicted octanol–water partition coefficient (Wildman–Crippen LogP) is 4.86. The Labute approximate surface area is 284 Å². The standard InChI is InChI=1S/C34H53N5O8S/c1-22-19-39(23(2)21-40)33(41)29-18-28(36-34(42)35-27-13-8-7-9-14-27)15-16-30(29)46-24(3)12-10-11-17-45-31(22)20-38(6)48(43,44)32-25(4)37-47-26(32)5/h15-16,18,22-24,27,31,40H,7-14,17,19-21H2,1-6H3,(H2,35,36,42)/t22-,23-,24+,31-/m1/s1. The number of nitrogens with zero attached hydrogens (tertiary/aromatic N) is 3. The lowest BCUT2D eigenvalue weighted by Crippen LogP contribution is -2.48. The first kappa shape index (κ1) is 37.6. The molecule has 0 radical (unpaired) electrons. The molecular weight excluding hydrogens is 638 g/mol. The Balaban J connectivity index is 1.61. The van der Waals surface area contributed by atoms with Gasteiger partial charge in [-0.05, 0) is 78.0 Å². The minimum Gasteiger partial charge on any atom is -0.490 e. The predicted molar refractivity (Wildman–Crippen MR) is 182 cm³/mol. The molecule has 4 atom stereocenters. The van der Waals surface area contributed by atoms with Gasteiger partial charge in [0.25, 0.3) is 5.91 Å². The van der Waals surface area contributed by atoms with Crippen LogP contribution in [0, 0.1) is 19.8 Å². The van der Waals surface area contributed by atoms with Crippen molar-refractivity contribution in [3.63, 3.8) is 0 Å². The maximum absolute atomic E-state index is 14.4. The van der Waals surface area contributed by atoms with Gasteiger partial charge in [-0.3, -0.25) is 4.79 Å². The number of aromatic nitrogens is 1. The maximum atomic E-state index is 14.4. The number of rotatable bonds is 8. The zero-order valence-corrected chi connectivity index (χ0v) is 30.0. The number of sulfonamides is 1. The number of urea groups is 1. The van der Waals surface area contributed by atoms with Crippen LogP contribution in [-0.4, -0.2) is 97.5 Å². The SMILES string of the molecule is Cc1noc(C)c1S(=O)(=O)N(C)C[C@H]1OCCCC[C@H](C)Oc2ccc(NC(=O)NC3CCCCC3)cc2C(=O)N([C@H](C)CO)C[C@H]1C. The van der Waals surface area contributed by atoms with Crippen LogP contribution in [0.2, 0.25) is 0 Å². The molecule has 1 aliphatic heterocycles. The summed E-state index contributed by atoms with van der Waals surface area (Å²) in [5, 5.41) is 20.0. The molecule has 1 aromatic heterocycles. The molecule has 0 spiro atoms. The fourth-order valence-electron chi connectivity index (χ4n) is 6.41. The lowest BCUT2D eigenvalue weighted by atomic mass is 9.96. The van der Waals surface area contributed by atoms with Gasteiger partial charge in [0, 0.05) is 44.4 Å². The minimum atomic E-state index is -3.94. The van der Waals surface area contributed by atoms with Crippen LogP contribution in [0.4, 0.5) is 10.5 Å². The van der Waals surface area contributed by atoms with E-state index in [1.807, 2.05) is 13.8 Å². The number of aliphatic hydroxyl groups excluding tert-OH is 1. The number of hydrogen-bond donors (Lipinski definition) is 3. The topological polar surface area (TPSA) is 164 Å². The van der Waals surface area contributed by atoms with Crippen molar-refractivity contribution in [2.45, 2.75) is 115 Å². The second kappa shape index (κ2) is 17.0. The van der Waals surface area contributed by atoms with Gasteiger partial charge in [0.05, 0.1) is 30.4 Å². The number of likely N-dealkylation sites (N-methyl/N-ethyl adjacent to an activating group) is 1. The Bertz CT molecular complexity index is 1470. The molecule has 1 saturated carbocycles. The normalized spacial score (nSPS) is 22.8. The first-order valence-electron chi connectivity index (χ1n) is 17.1. The van der Waals surface area contributed by atoms with Gasteiger partial charge in [0.2, 0.25) is 10.0 Å². The Hall–Kier alpha value is -3.20. The molecule has 1 aromatic carbocycles. The Morgan fingerprint density at radius 3 is 2.50 bits per heavy atom. The van der Waals surface area contributed by atoms with E-state index in [0.29, 0.717) is 24.5 Å². The first-order valence-corrected chi connectivity index (χ1v) is 18.6. The third-order valence-corrected chi connectivity index (χ3v) is 11.4. The molecule has 1 fully saturated rings. The smallest absolute Gasteiger partial charge is 0.319 e. The van der Waals surface area contributed by atoms with E-state index in [2.05, 4.69) is 15.8 Å². The summed E-state index contributed by atoms with van der Waals surface area (Å²) in [6.07, 6.45) is 6.70. The van der Waals surface area contributed by atoms with Crippen molar-refractivity contribution in [1.82, 2.24) is 19.7 Å². The average molecular weight is 692 g/mol. The van der Waals surface area contributed by atoms with E-state index in [1.165, 1.54) is 17.8 Å². The molecule has 1 aliphatic carbocycles. The summed E-state index contributed by atoms with van der Waals surface area (Å²) in [5.41, 5.74) is 0.991. The molecule has 2 aliphatic rings. The molecule has 0 unspecified atom stereocenters. The van der Waals surface area contributed by atoms with Gasteiger partial charge in [-0.2, -0.15) is 4.31 Å². The molecule has 48 heavy (non-hydrogen) atoms. The van der Waals surface area contributed by atoms with E-state index < -0.39 is 22.2 Å². The summed E-state index contributed by atoms with van der Waals surface area (Å²) in [6, 6.07) is 4.28. The molecular formula is C34H53N5O8S. The number of carbonyl (C=O) groups excluding carboxylic acids is 2. The highest BCUT2D eigenvalue weighted by atomic mass is 32.2. The number of amides is 3. The lowest BCUT2D eigenvalue weighted by Gasteiger charge is -2.35. The molecule has 3 amide bonds. The van der Waals surface area contributed by atoms with Crippen LogP contribution in [0.3, 0.4) is 0 Å². The number of nitrogens with one attached hydrogen (secondary N) is 2. The quantitative estimate of drug-likeness (QED) is 0.351. The molecule has 13 nitrogen and oxygen atoms in total. The lowest BCUT2D eigenvalue weighted by molar-refractivity contribution is -0.00835. The number of fused-ring (bicyclic) bond motifs is 1. The van der Waals surface area contributed by atoms with Crippen molar-refractivity contribution in [3.8, 4) is 5.75 Å². The summed E-state index contributed by atoms with van der Waals surface area (Å²) in [6.45, 7) is 9.06. The van der Waals surface area contributed by atoms with E-state index in [0.717, 1.165) is 38.5 Å². The molecule has 4 rings (SSSR count). The summed E-state index contributed by atoms with van der Waals surface area (Å²) in [5.74, 6) is -0.111. The van der Waals surface area contributed by atoms with Crippen molar-refractivity contribution in [3.05, 3.63) is 35.2 Å². The monoisotopic (exact) mass is 691 g/mol. The van der Waals surface area contributed by atoms with Crippen LogP contribution in [0.15, 0.2) is 27.6 Å². The van der Waals surface area contributed by atoms with Crippen molar-refractivity contribution in [2.75, 3.05) is 38.7 Å². The van der Waals surface area contributed by atoms with Gasteiger partial charge in [-0.1, -0.05) is 31.3 Å². The number of benzene rings is 1. The van der Waals surface area contributed by atoms with Gasteiger partial charge < -0.3 is 34.6 Å². The van der Waals surface area contributed by atoms with Crippen LogP contribution < -0.4 is 15.4 Å². The van der Waals surface area contributed by atoms with Crippen molar-refractivity contribution >= 4 is 27.6 Å². The molecule has 3 N–H and O–H groups in total. The first-order chi connectivity index (χ1) is 22.8. The molecule has 268 valence electrons. The van der Waals surface area contributed by atoms with Crippen molar-refractivity contribution in [1.29, 1.82) is 0 Å². The summed E-state index contributed by atoms with van der Waals surface area (Å²) in [4.78, 5) is 28.9. The van der Waals surface area contributed by atoms with E-state index in [1.54, 1.807) is 43.9 Å². The number of anilines is 1. The van der Waals surface area contributed by atoms with Gasteiger partial charge in [-0.15, -0.1) is 0 Å². The van der Waals surface area contributed by atoms with Gasteiger partial charge >= 0.3 is 6.03 Å². The fraction of sp³-hybridized carbons (Fsp3) is 0.676. The second-order valence-electron chi connectivity index (χ2n) is 13.4. The molecule has 14 heteroatoms. The highest BCUT2D eigenvalue weighted by molar-refractivity contribution is 7.89. The number of aryl methyl sites for hydroxylation is 2. The fourth-order valence-corrected chi connectivity index (χ4v) is 7.88. The van der Waals surface area contributed by atoms with Crippen molar-refractivity contribution < 1.29 is 37.1 Å². The van der Waals surface area contributed by atoms with E-state index >= 15 is 0 Å². The Kier molecular flexibility index (Phi) is 13.3. The van der Waals surface area contributed by atoms with E-state index in [4.69, 9.17) is 14.0 Å². The van der Waals surface area contributed by atoms with Crippen LogP contribution in [0.5, 0.6) is 5.75 Å². The highest BCUT2D eigenvalue weighted by Gasteiger charge is 2.34. The maximum Gasteiger partial charge on any atom is 0.319 e. The van der Waals surface area contributed by atoms with Crippen LogP contribution in [0.25, 0.3) is 0 Å². The number of ether oxygens (including phenoxy) is 2. The molecule has 2 aromatic rings. The largest absolute Gasteiger partial charge is 0.490 e. The second-order valence-corrected chi connectivity index (χ2v) is 15.4. The Morgan fingerprint density at radius 2 is 1.83 bits per heavy atom. The van der Waals surface area contributed by atoms with Crippen LogP contribution in [0.1, 0.15) is 93.9 Å². The minimum absolute atomic E-state index is 0.0311. The zero-order chi connectivity index (χ0) is 35.0. The average Bonchev–Trinajstić information content (AvgIpc) is 3.40. The van der Waals surface area contributed by atoms with Gasteiger partial charge in [-0.25, -0.2) is 13.2 Å². The van der Waals surface area contributed by atoms with E-state index in [9.17, 15) is 23.1 Å². The summed E-state index contributed by atoms with van der Waals surface area (Å²) < 4.78 is 46.1. The third-order valence-electron chi connectivity index (χ3n) is 9.32. The number of hydrogen-bond acceptors (Lipinski definition) is 9. The molecule has 0 saturated heterocycles.